The molecule has 21 heavy (non-hydrogen) atoms. The van der Waals surface area contributed by atoms with Gasteiger partial charge in [-0.1, -0.05) is 27.7 Å². The number of nitrogens with zero attached hydrogens (tertiary/aromatic N) is 1. The van der Waals surface area contributed by atoms with E-state index in [-0.39, 0.29) is 17.3 Å². The summed E-state index contributed by atoms with van der Waals surface area (Å²) in [5.41, 5.74) is 5.73. The number of halogens is 1. The number of hydrogen-bond donors (Lipinski definition) is 2. The largest absolute Gasteiger partial charge is 0.478 e. The molecule has 0 bridgehead atoms. The van der Waals surface area contributed by atoms with Crippen LogP contribution >= 0.6 is 0 Å². The number of carboxylic acids is 1. The van der Waals surface area contributed by atoms with Gasteiger partial charge in [-0.3, -0.25) is 0 Å². The van der Waals surface area contributed by atoms with E-state index in [9.17, 15) is 14.3 Å². The molecule has 118 valence electrons. The molecule has 4 nitrogen and oxygen atoms in total. The predicted octanol–water partition coefficient (Wildman–Crippen LogP) is 3.76. The van der Waals surface area contributed by atoms with Gasteiger partial charge in [-0.25, -0.2) is 9.18 Å². The van der Waals surface area contributed by atoms with Crippen molar-refractivity contribution in [2.45, 2.75) is 46.6 Å². The zero-order valence-corrected chi connectivity index (χ0v) is 13.2. The van der Waals surface area contributed by atoms with Gasteiger partial charge in [-0.05, 0) is 30.9 Å². The van der Waals surface area contributed by atoms with Crippen LogP contribution < -0.4 is 10.6 Å². The highest BCUT2D eigenvalue weighted by atomic mass is 19.1. The molecule has 0 aliphatic rings. The number of hydrogen-bond acceptors (Lipinski definition) is 3. The molecule has 1 aromatic carbocycles. The highest BCUT2D eigenvalue weighted by Crippen LogP contribution is 2.31. The van der Waals surface area contributed by atoms with E-state index in [1.165, 1.54) is 12.1 Å². The highest BCUT2D eigenvalue weighted by Gasteiger charge is 2.25. The number of aromatic carboxylic acids is 1. The number of anilines is 2. The summed E-state index contributed by atoms with van der Waals surface area (Å²) in [7, 11) is 0. The molecular weight excluding hydrogens is 271 g/mol. The van der Waals surface area contributed by atoms with E-state index in [1.807, 2.05) is 4.90 Å². The van der Waals surface area contributed by atoms with Gasteiger partial charge in [0.1, 0.15) is 11.4 Å². The second-order valence-corrected chi connectivity index (χ2v) is 5.68. The van der Waals surface area contributed by atoms with Gasteiger partial charge in [0.05, 0.1) is 11.4 Å². The smallest absolute Gasteiger partial charge is 0.340 e. The molecule has 0 saturated heterocycles. The van der Waals surface area contributed by atoms with Crippen LogP contribution in [-0.2, 0) is 0 Å². The first-order chi connectivity index (χ1) is 9.83. The third-order valence-corrected chi connectivity index (χ3v) is 3.64. The van der Waals surface area contributed by atoms with Crippen LogP contribution in [0.1, 0.15) is 50.9 Å². The van der Waals surface area contributed by atoms with E-state index in [2.05, 4.69) is 27.7 Å². The fourth-order valence-electron chi connectivity index (χ4n) is 2.61. The molecule has 0 aromatic heterocycles. The molecule has 0 amide bonds. The van der Waals surface area contributed by atoms with Crippen molar-refractivity contribution in [2.24, 2.45) is 5.92 Å². The first kappa shape index (κ1) is 17.3. The van der Waals surface area contributed by atoms with Crippen molar-refractivity contribution in [2.75, 3.05) is 17.2 Å². The minimum absolute atomic E-state index is 0.137. The summed E-state index contributed by atoms with van der Waals surface area (Å²) >= 11 is 0. The van der Waals surface area contributed by atoms with Crippen molar-refractivity contribution in [3.05, 3.63) is 23.5 Å². The quantitative estimate of drug-likeness (QED) is 0.752. The second-order valence-electron chi connectivity index (χ2n) is 5.68. The van der Waals surface area contributed by atoms with Crippen LogP contribution in [0.2, 0.25) is 0 Å². The van der Waals surface area contributed by atoms with E-state index < -0.39 is 11.8 Å². The molecular formula is C16H25FN2O2. The Labute approximate surface area is 125 Å². The summed E-state index contributed by atoms with van der Waals surface area (Å²) < 4.78 is 13.6. The SMILES string of the molecule is CCC(CC)N(CC(C)C)c1ccc(F)c(N)c1C(=O)O. The maximum atomic E-state index is 13.6. The number of nitrogen functional groups attached to an aromatic ring is 1. The van der Waals surface area contributed by atoms with Gasteiger partial charge in [0.2, 0.25) is 0 Å². The average molecular weight is 296 g/mol. The third kappa shape index (κ3) is 3.86. The molecule has 5 heteroatoms. The molecule has 0 fully saturated rings. The van der Waals surface area contributed by atoms with Gasteiger partial charge in [-0.15, -0.1) is 0 Å². The summed E-state index contributed by atoms with van der Waals surface area (Å²) in [5.74, 6) is -1.52. The molecule has 1 aromatic rings. The average Bonchev–Trinajstić information content (AvgIpc) is 2.41. The predicted molar refractivity (Wildman–Crippen MR) is 84.3 cm³/mol. The Morgan fingerprint density at radius 1 is 1.33 bits per heavy atom. The van der Waals surface area contributed by atoms with Gasteiger partial charge in [0, 0.05) is 12.6 Å². The lowest BCUT2D eigenvalue weighted by molar-refractivity contribution is 0.0698. The van der Waals surface area contributed by atoms with E-state index >= 15 is 0 Å². The van der Waals surface area contributed by atoms with Crippen LogP contribution in [0.25, 0.3) is 0 Å². The maximum Gasteiger partial charge on any atom is 0.340 e. The molecule has 0 spiro atoms. The standard InChI is InChI=1S/C16H25FN2O2/c1-5-11(6-2)19(9-10(3)4)13-8-7-12(17)15(18)14(13)16(20)21/h7-8,10-11H,5-6,9,18H2,1-4H3,(H,20,21). The van der Waals surface area contributed by atoms with Crippen LogP contribution in [0.4, 0.5) is 15.8 Å². The molecule has 0 aliphatic heterocycles. The molecule has 0 heterocycles. The van der Waals surface area contributed by atoms with E-state index in [0.29, 0.717) is 18.2 Å². The van der Waals surface area contributed by atoms with Crippen molar-refractivity contribution < 1.29 is 14.3 Å². The lowest BCUT2D eigenvalue weighted by Gasteiger charge is -2.35. The van der Waals surface area contributed by atoms with Gasteiger partial charge >= 0.3 is 5.97 Å². The highest BCUT2D eigenvalue weighted by molar-refractivity contribution is 6.00. The van der Waals surface area contributed by atoms with Crippen molar-refractivity contribution in [3.8, 4) is 0 Å². The fourth-order valence-corrected chi connectivity index (χ4v) is 2.61. The summed E-state index contributed by atoms with van der Waals surface area (Å²) in [6, 6.07) is 2.97. The monoisotopic (exact) mass is 296 g/mol. The molecule has 1 rings (SSSR count). The Hall–Kier alpha value is -1.78. The van der Waals surface area contributed by atoms with Gasteiger partial charge in [-0.2, -0.15) is 0 Å². The topological polar surface area (TPSA) is 66.6 Å². The van der Waals surface area contributed by atoms with Crippen LogP contribution in [0, 0.1) is 11.7 Å². The first-order valence-electron chi connectivity index (χ1n) is 7.41. The fraction of sp³-hybridized carbons (Fsp3) is 0.562. The normalized spacial score (nSPS) is 11.2. The lowest BCUT2D eigenvalue weighted by atomic mass is 10.0. The van der Waals surface area contributed by atoms with Gasteiger partial charge in [0.25, 0.3) is 0 Å². The molecule has 0 radical (unpaired) electrons. The Bertz CT molecular complexity index is 499. The van der Waals surface area contributed by atoms with Crippen molar-refractivity contribution in [1.29, 1.82) is 0 Å². The maximum absolute atomic E-state index is 13.6. The summed E-state index contributed by atoms with van der Waals surface area (Å²) in [6.07, 6.45) is 1.78. The Morgan fingerprint density at radius 3 is 2.33 bits per heavy atom. The Balaban J connectivity index is 3.43. The third-order valence-electron chi connectivity index (χ3n) is 3.64. The molecule has 0 aliphatic carbocycles. The van der Waals surface area contributed by atoms with Crippen molar-refractivity contribution >= 4 is 17.3 Å². The number of carboxylic acid groups (broad SMARTS) is 1. The minimum atomic E-state index is -1.19. The molecule has 0 saturated carbocycles. The van der Waals surface area contributed by atoms with Crippen LogP contribution in [0.15, 0.2) is 12.1 Å². The number of rotatable bonds is 7. The number of carbonyl (C=O) groups is 1. The van der Waals surface area contributed by atoms with Crippen LogP contribution in [0.3, 0.4) is 0 Å². The second kappa shape index (κ2) is 7.29. The summed E-state index contributed by atoms with van der Waals surface area (Å²) in [5, 5.41) is 9.41. The minimum Gasteiger partial charge on any atom is -0.478 e. The van der Waals surface area contributed by atoms with Gasteiger partial charge < -0.3 is 15.7 Å². The molecule has 0 atom stereocenters. The Morgan fingerprint density at radius 2 is 1.90 bits per heavy atom. The number of nitrogens with two attached hydrogens (primary N) is 1. The van der Waals surface area contributed by atoms with Crippen molar-refractivity contribution in [1.82, 2.24) is 0 Å². The molecule has 3 N–H and O–H groups in total. The summed E-state index contributed by atoms with van der Waals surface area (Å²) in [4.78, 5) is 13.6. The van der Waals surface area contributed by atoms with Crippen molar-refractivity contribution in [3.63, 3.8) is 0 Å². The number of benzene rings is 1. The van der Waals surface area contributed by atoms with Gasteiger partial charge in [0.15, 0.2) is 0 Å². The zero-order valence-electron chi connectivity index (χ0n) is 13.2. The van der Waals surface area contributed by atoms with Crippen LogP contribution in [-0.4, -0.2) is 23.7 Å². The van der Waals surface area contributed by atoms with E-state index in [1.54, 1.807) is 0 Å². The van der Waals surface area contributed by atoms with E-state index in [4.69, 9.17) is 5.73 Å². The zero-order chi connectivity index (χ0) is 16.2. The lowest BCUT2D eigenvalue weighted by Crippen LogP contribution is -2.38. The first-order valence-corrected chi connectivity index (χ1v) is 7.41. The van der Waals surface area contributed by atoms with Crippen LogP contribution in [0.5, 0.6) is 0 Å². The summed E-state index contributed by atoms with van der Waals surface area (Å²) in [6.45, 7) is 8.98. The molecule has 0 unspecified atom stereocenters. The van der Waals surface area contributed by atoms with E-state index in [0.717, 1.165) is 12.8 Å². The Kier molecular flexibility index (Phi) is 6.00.